The third-order valence-corrected chi connectivity index (χ3v) is 0. The van der Waals surface area contributed by atoms with E-state index in [9.17, 15) is 0 Å². The van der Waals surface area contributed by atoms with Gasteiger partial charge in [-0.3, -0.25) is 4.70 Å². The van der Waals surface area contributed by atoms with Crippen LogP contribution in [0.3, 0.4) is 0 Å². The van der Waals surface area contributed by atoms with Crippen LogP contribution in [0.5, 0.6) is 0 Å². The van der Waals surface area contributed by atoms with E-state index in [-0.39, 0.29) is 40.5 Å². The summed E-state index contributed by atoms with van der Waals surface area (Å²) in [6.07, 6.45) is 0. The van der Waals surface area contributed by atoms with Gasteiger partial charge < -0.3 is 0 Å². The molecule has 0 N–H and O–H groups in total. The van der Waals surface area contributed by atoms with Crippen molar-refractivity contribution in [3.63, 3.8) is 0 Å². The minimum atomic E-state index is 0. The van der Waals surface area contributed by atoms with E-state index in [1.54, 1.807) is 0 Å². The predicted octanol–water partition coefficient (Wildman–Crippen LogP) is 0.745. The van der Waals surface area contributed by atoms with Crippen LogP contribution in [0.15, 0.2) is 0 Å². The average molecular weight is 125 g/mol. The van der Waals surface area contributed by atoms with Crippen LogP contribution in [0.2, 0.25) is 0 Å². The topological polar surface area (TPSA) is 0 Å². The van der Waals surface area contributed by atoms with E-state index in [0.29, 0.717) is 0 Å². The van der Waals surface area contributed by atoms with Crippen molar-refractivity contribution in [1.82, 2.24) is 0 Å². The molecule has 4 heavy (non-hydrogen) atoms. The highest BCUT2D eigenvalue weighted by molar-refractivity contribution is 7.59. The first kappa shape index (κ1) is 80.0. The van der Waals surface area contributed by atoms with E-state index in [2.05, 4.69) is 0 Å². The molecule has 0 saturated carbocycles. The zero-order valence-corrected chi connectivity index (χ0v) is 5.25. The summed E-state index contributed by atoms with van der Waals surface area (Å²) in [5.41, 5.74) is 0. The number of rotatable bonds is 0. The maximum absolute atomic E-state index is 0. The van der Waals surface area contributed by atoms with Crippen LogP contribution < -0.4 is 0 Å². The SMILES string of the molecule is Cl.F.P.S. The molecule has 0 rings (SSSR count). The fourth-order valence-electron chi connectivity index (χ4n) is 0. The number of hydrogen-bond acceptors (Lipinski definition) is 0. The van der Waals surface area contributed by atoms with Crippen LogP contribution in [-0.2, 0) is 0 Å². The lowest BCUT2D eigenvalue weighted by Gasteiger charge is -0.269. The Labute approximate surface area is 41.2 Å². The molecule has 0 aliphatic carbocycles. The second-order valence-corrected chi connectivity index (χ2v) is 0. The zero-order valence-electron chi connectivity index (χ0n) is 2.02. The van der Waals surface area contributed by atoms with Gasteiger partial charge in [0.2, 0.25) is 0 Å². The van der Waals surface area contributed by atoms with Crippen LogP contribution in [0.25, 0.3) is 0 Å². The molecular weight excluding hydrogens is 117 g/mol. The third kappa shape index (κ3) is 12.0. The summed E-state index contributed by atoms with van der Waals surface area (Å²) in [5.74, 6) is 0. The van der Waals surface area contributed by atoms with Gasteiger partial charge in [0.05, 0.1) is 0 Å². The molecule has 4 heteroatoms. The highest BCUT2D eigenvalue weighted by atomic mass is 35.5. The van der Waals surface area contributed by atoms with Gasteiger partial charge in [0.1, 0.15) is 0 Å². The highest BCUT2D eigenvalue weighted by Gasteiger charge is -0.146. The van der Waals surface area contributed by atoms with Crippen molar-refractivity contribution >= 4 is 35.8 Å². The van der Waals surface area contributed by atoms with Gasteiger partial charge in [-0.15, -0.1) is 12.4 Å². The summed E-state index contributed by atoms with van der Waals surface area (Å²) in [5, 5.41) is 0. The summed E-state index contributed by atoms with van der Waals surface area (Å²) in [6.45, 7) is 0. The van der Waals surface area contributed by atoms with Gasteiger partial charge in [-0.2, -0.15) is 23.4 Å². The Bertz CT molecular complexity index is 8.00. The Morgan fingerprint density at radius 2 is 1.00 bits per heavy atom. The first-order chi connectivity index (χ1) is 0. The monoisotopic (exact) mass is 124 g/mol. The van der Waals surface area contributed by atoms with Crippen molar-refractivity contribution in [3.8, 4) is 0 Å². The molecule has 0 aromatic carbocycles. The van der Waals surface area contributed by atoms with E-state index >= 15 is 0 Å². The molecule has 0 aromatic rings. The Hall–Kier alpha value is 1.000. The smallest absolute Gasteiger partial charge is 0.147 e. The Morgan fingerprint density at radius 3 is 1.00 bits per heavy atom. The predicted molar refractivity (Wildman–Crippen MR) is 31.2 cm³/mol. The molecule has 0 saturated heterocycles. The van der Waals surface area contributed by atoms with Crippen LogP contribution in [0.4, 0.5) is 4.70 Å². The molecule has 0 spiro atoms. The van der Waals surface area contributed by atoms with Gasteiger partial charge in [0.15, 0.2) is 0 Å². The van der Waals surface area contributed by atoms with E-state index < -0.39 is 0 Å². The lowest BCUT2D eigenvalue weighted by molar-refractivity contribution is 1.11. The van der Waals surface area contributed by atoms with Crippen molar-refractivity contribution in [2.45, 2.75) is 0 Å². The largest absolute Gasteiger partial charge is 0.269 e. The molecule has 1 atom stereocenters. The maximum Gasteiger partial charge on any atom is -0.147 e. The average Bonchev–Trinajstić information content (AvgIpc) is 0. The van der Waals surface area contributed by atoms with Gasteiger partial charge in [0, 0.05) is 0 Å². The molecule has 32 valence electrons. The first-order valence-corrected chi connectivity index (χ1v) is 0. The molecule has 0 radical (unpaired) electrons. The summed E-state index contributed by atoms with van der Waals surface area (Å²) < 4.78 is 0. The van der Waals surface area contributed by atoms with Crippen LogP contribution >= 0.6 is 35.8 Å². The van der Waals surface area contributed by atoms with E-state index in [1.807, 2.05) is 0 Å². The van der Waals surface area contributed by atoms with Crippen molar-refractivity contribution < 1.29 is 4.70 Å². The molecule has 0 heterocycles. The minimum absolute atomic E-state index is 0. The van der Waals surface area contributed by atoms with Gasteiger partial charge in [-0.05, 0) is 0 Å². The molecule has 0 aromatic heterocycles. The second kappa shape index (κ2) is 36.0. The van der Waals surface area contributed by atoms with Crippen LogP contribution in [0, 0.1) is 0 Å². The number of hydrogen-bond donors (Lipinski definition) is 0. The number of halogens is 2. The summed E-state index contributed by atoms with van der Waals surface area (Å²) in [6, 6.07) is 0. The van der Waals surface area contributed by atoms with E-state index in [4.69, 9.17) is 0 Å². The van der Waals surface area contributed by atoms with Gasteiger partial charge in [0.25, 0.3) is 0 Å². The van der Waals surface area contributed by atoms with Gasteiger partial charge in [-0.25, -0.2) is 0 Å². The first-order valence-electron chi connectivity index (χ1n) is 0. The van der Waals surface area contributed by atoms with E-state index in [0.717, 1.165) is 0 Å². The van der Waals surface area contributed by atoms with Crippen molar-refractivity contribution in [2.24, 2.45) is 0 Å². The van der Waals surface area contributed by atoms with Crippen molar-refractivity contribution in [2.75, 3.05) is 0 Å². The van der Waals surface area contributed by atoms with Gasteiger partial charge >= 0.3 is 0 Å². The standard InChI is InChI=1S/ClH.FH.H3P.H2S/h2*1H;1H3;1H2. The van der Waals surface area contributed by atoms with Crippen LogP contribution in [-0.4, -0.2) is 0 Å². The van der Waals surface area contributed by atoms with Crippen molar-refractivity contribution in [1.29, 1.82) is 0 Å². The molecule has 0 bridgehead atoms. The second-order valence-electron chi connectivity index (χ2n) is 0. The minimum Gasteiger partial charge on any atom is -0.269 e. The summed E-state index contributed by atoms with van der Waals surface area (Å²) in [4.78, 5) is 0. The third-order valence-electron chi connectivity index (χ3n) is 0. The Morgan fingerprint density at radius 1 is 1.00 bits per heavy atom. The Balaban J connectivity index is 0. The lowest BCUT2D eigenvalue weighted by atomic mass is 19.0. The van der Waals surface area contributed by atoms with Crippen molar-refractivity contribution in [3.05, 3.63) is 0 Å². The fourth-order valence-corrected chi connectivity index (χ4v) is 0. The normalized spacial score (nSPS) is 0. The lowest BCUT2D eigenvalue weighted by Crippen LogP contribution is 0.420. The van der Waals surface area contributed by atoms with E-state index in [1.165, 1.54) is 0 Å². The summed E-state index contributed by atoms with van der Waals surface area (Å²) >= 11 is 0. The quantitative estimate of drug-likeness (QED) is 0.418. The zero-order chi connectivity index (χ0) is 0. The molecule has 0 aliphatic rings. The highest BCUT2D eigenvalue weighted by Crippen LogP contribution is 0.861. The molecule has 0 fully saturated rings. The molecule has 1 unspecified atom stereocenters. The van der Waals surface area contributed by atoms with Crippen LogP contribution in [0.1, 0.15) is 0 Å². The molecular formula is H7ClFPS. The van der Waals surface area contributed by atoms with Gasteiger partial charge in [-0.1, -0.05) is 0 Å². The Kier molecular flexibility index (Phi) is 720. The molecule has 0 nitrogen and oxygen atoms in total. The maximum atomic E-state index is 0. The summed E-state index contributed by atoms with van der Waals surface area (Å²) in [7, 11) is 0. The fraction of sp³-hybridized carbons (Fsp3) is 0. The molecule has 0 amide bonds. The molecule has 0 aliphatic heterocycles.